The van der Waals surface area contributed by atoms with E-state index in [2.05, 4.69) is 54.7 Å². The highest BCUT2D eigenvalue weighted by atomic mass is 16.2. The van der Waals surface area contributed by atoms with E-state index in [0.717, 1.165) is 70.2 Å². The number of nitrogens with one attached hydrogen (secondary N) is 2. The molecular weight excluding hydrogens is 689 g/mol. The Labute approximate surface area is 319 Å². The number of carbonyl (C=O) groups is 2. The maximum absolute atomic E-state index is 14.3. The van der Waals surface area contributed by atoms with Gasteiger partial charge in [0.05, 0.1) is 47.0 Å². The molecule has 9 rings (SSSR count). The molecule has 2 aliphatic rings. The molecule has 2 amide bonds. The van der Waals surface area contributed by atoms with Crippen LogP contribution in [-0.4, -0.2) is 88.6 Å². The normalized spacial score (nSPS) is 20.3. The molecule has 4 atom stereocenters. The second kappa shape index (κ2) is 14.2. The molecule has 12 nitrogen and oxygen atoms in total. The Morgan fingerprint density at radius 2 is 1.49 bits per heavy atom. The first-order valence-electron chi connectivity index (χ1n) is 19.1. The first-order chi connectivity index (χ1) is 26.9. The third-order valence-corrected chi connectivity index (χ3v) is 11.8. The number of benzene rings is 2. The van der Waals surface area contributed by atoms with E-state index >= 15 is 0 Å². The number of nitrogens with zero attached hydrogens (tertiary/aromatic N) is 8. The summed E-state index contributed by atoms with van der Waals surface area (Å²) in [7, 11) is 1.85. The van der Waals surface area contributed by atoms with Crippen LogP contribution in [0.4, 0.5) is 5.82 Å². The third kappa shape index (κ3) is 6.11. The number of hydrogen-bond acceptors (Lipinski definition) is 7. The Kier molecular flexibility index (Phi) is 8.88. The van der Waals surface area contributed by atoms with Crippen LogP contribution in [0.5, 0.6) is 0 Å². The van der Waals surface area contributed by atoms with Crippen LogP contribution in [0.2, 0.25) is 0 Å². The van der Waals surface area contributed by atoms with Gasteiger partial charge in [0.2, 0.25) is 0 Å². The molecule has 2 aromatic carbocycles. The van der Waals surface area contributed by atoms with Crippen LogP contribution in [0.3, 0.4) is 0 Å². The van der Waals surface area contributed by atoms with Gasteiger partial charge in [0.15, 0.2) is 5.65 Å². The van der Waals surface area contributed by atoms with Gasteiger partial charge in [0.25, 0.3) is 11.8 Å². The van der Waals surface area contributed by atoms with Crippen LogP contribution in [0.25, 0.3) is 28.3 Å². The van der Waals surface area contributed by atoms with Gasteiger partial charge in [-0.25, -0.2) is 19.9 Å². The number of carbonyl (C=O) groups excluding carboxylic acids is 2. The van der Waals surface area contributed by atoms with Crippen LogP contribution in [0.1, 0.15) is 75.2 Å². The van der Waals surface area contributed by atoms with Crippen LogP contribution >= 0.6 is 0 Å². The summed E-state index contributed by atoms with van der Waals surface area (Å²) in [5.74, 6) is 3.16. The van der Waals surface area contributed by atoms with E-state index in [1.807, 2.05) is 102 Å². The summed E-state index contributed by atoms with van der Waals surface area (Å²) in [6, 6.07) is 19.6. The Hall–Kier alpha value is -6.30. The second-order valence-corrected chi connectivity index (χ2v) is 15.0. The maximum atomic E-state index is 14.3. The van der Waals surface area contributed by atoms with Gasteiger partial charge in [-0.2, -0.15) is 0 Å². The molecule has 7 heterocycles. The smallest absolute Gasteiger partial charge is 0.253 e. The molecular formula is C43H44N10O2. The number of rotatable bonds is 8. The summed E-state index contributed by atoms with van der Waals surface area (Å²) in [6.45, 7) is 8.75. The minimum atomic E-state index is -0.0449. The summed E-state index contributed by atoms with van der Waals surface area (Å²) in [5, 5.41) is 3.17. The van der Waals surface area contributed by atoms with Crippen LogP contribution in [-0.2, 0) is 6.42 Å². The van der Waals surface area contributed by atoms with Crippen molar-refractivity contribution < 1.29 is 9.59 Å². The molecule has 2 aliphatic heterocycles. The fraction of sp³-hybridized carbons (Fsp3) is 0.302. The molecule has 0 aliphatic carbocycles. The number of aromatic amines is 1. The van der Waals surface area contributed by atoms with Crippen molar-refractivity contribution in [3.63, 3.8) is 0 Å². The highest BCUT2D eigenvalue weighted by Crippen LogP contribution is 2.37. The van der Waals surface area contributed by atoms with Crippen molar-refractivity contribution >= 4 is 45.9 Å². The third-order valence-electron chi connectivity index (χ3n) is 11.8. The van der Waals surface area contributed by atoms with Crippen molar-refractivity contribution in [2.24, 2.45) is 11.8 Å². The van der Waals surface area contributed by atoms with E-state index in [0.29, 0.717) is 43.2 Å². The molecule has 7 aromatic rings. The number of hydrogen-bond donors (Lipinski definition) is 2. The lowest BCUT2D eigenvalue weighted by Gasteiger charge is -2.38. The Morgan fingerprint density at radius 1 is 0.818 bits per heavy atom. The number of piperidine rings is 2. The zero-order valence-electron chi connectivity index (χ0n) is 31.1. The van der Waals surface area contributed by atoms with Crippen molar-refractivity contribution in [3.8, 4) is 0 Å². The maximum Gasteiger partial charge on any atom is 0.253 e. The first-order valence-corrected chi connectivity index (χ1v) is 19.1. The van der Waals surface area contributed by atoms with E-state index in [-0.39, 0.29) is 29.6 Å². The SMILES string of the molecule is C=Cc1c(NC)ncc2cnc([C@@H]3CN(C(=O)c4cccc(C[C@@H]5CCN(C(=O)c6ccccc6)C[C@@H]5c5ncc6cnc7[nH]ccc7n56)c4)CC[C@@H]3C)n12. The molecule has 0 saturated carbocycles. The molecule has 278 valence electrons. The highest BCUT2D eigenvalue weighted by molar-refractivity contribution is 5.95. The quantitative estimate of drug-likeness (QED) is 0.178. The van der Waals surface area contributed by atoms with Gasteiger partial charge >= 0.3 is 0 Å². The Morgan fingerprint density at radius 3 is 2.27 bits per heavy atom. The number of H-pyrrole nitrogens is 1. The lowest BCUT2D eigenvalue weighted by atomic mass is 9.80. The Balaban J connectivity index is 0.993. The van der Waals surface area contributed by atoms with E-state index in [1.165, 1.54) is 0 Å². The number of anilines is 1. The average molecular weight is 733 g/mol. The lowest BCUT2D eigenvalue weighted by Crippen LogP contribution is -2.44. The molecule has 55 heavy (non-hydrogen) atoms. The van der Waals surface area contributed by atoms with Crippen molar-refractivity contribution in [3.05, 3.63) is 132 Å². The van der Waals surface area contributed by atoms with Crippen molar-refractivity contribution in [1.82, 2.24) is 43.5 Å². The predicted molar refractivity (Wildman–Crippen MR) is 213 cm³/mol. The van der Waals surface area contributed by atoms with E-state index in [9.17, 15) is 9.59 Å². The molecule has 5 aromatic heterocycles. The standard InChI is InChI=1S/C43H44N10O2/c1-4-36-38(44-3)46-21-32-23-48-40(52(32)36)34-25-50(17-14-27(34)2)43(55)31-12-8-9-28(20-31)19-30-15-18-51(42(54)29-10-6-5-7-11-29)26-35(30)41-49-24-33-22-47-39-37(53(33)41)13-16-45-39/h4-13,16,20-24,27,30,34-35,44-45H,1,14-15,17-19,25-26H2,2-3H3/t27-,30-,34+,35-/m0/s1. The molecule has 0 spiro atoms. The van der Waals surface area contributed by atoms with Crippen molar-refractivity contribution in [2.75, 3.05) is 38.5 Å². The molecule has 0 unspecified atom stereocenters. The lowest BCUT2D eigenvalue weighted by molar-refractivity contribution is 0.0648. The number of likely N-dealkylation sites (tertiary alicyclic amines) is 2. The van der Waals surface area contributed by atoms with Gasteiger partial charge in [0.1, 0.15) is 17.5 Å². The van der Waals surface area contributed by atoms with Crippen LogP contribution in [0.15, 0.2) is 98.2 Å². The summed E-state index contributed by atoms with van der Waals surface area (Å²) in [5.41, 5.74) is 6.90. The van der Waals surface area contributed by atoms with Crippen LogP contribution in [0, 0.1) is 11.8 Å². The van der Waals surface area contributed by atoms with E-state index in [4.69, 9.17) is 9.97 Å². The molecule has 2 N–H and O–H groups in total. The molecule has 0 bridgehead atoms. The first kappa shape index (κ1) is 34.5. The minimum Gasteiger partial charge on any atom is -0.371 e. The minimum absolute atomic E-state index is 0.0302. The van der Waals surface area contributed by atoms with Gasteiger partial charge in [-0.3, -0.25) is 18.4 Å². The largest absolute Gasteiger partial charge is 0.371 e. The van der Waals surface area contributed by atoms with Gasteiger partial charge in [-0.1, -0.05) is 43.8 Å². The van der Waals surface area contributed by atoms with Gasteiger partial charge in [0, 0.05) is 62.4 Å². The molecule has 12 heteroatoms. The predicted octanol–water partition coefficient (Wildman–Crippen LogP) is 6.69. The van der Waals surface area contributed by atoms with Crippen LogP contribution < -0.4 is 5.32 Å². The van der Waals surface area contributed by atoms with Crippen molar-refractivity contribution in [1.29, 1.82) is 0 Å². The number of imidazole rings is 2. The average Bonchev–Trinajstić information content (AvgIpc) is 3.99. The van der Waals surface area contributed by atoms with E-state index < -0.39 is 0 Å². The summed E-state index contributed by atoms with van der Waals surface area (Å²) >= 11 is 0. The number of aromatic nitrogens is 7. The van der Waals surface area contributed by atoms with Gasteiger partial charge in [-0.15, -0.1) is 0 Å². The topological polar surface area (TPSA) is 129 Å². The number of fused-ring (bicyclic) bond motifs is 4. The highest BCUT2D eigenvalue weighted by Gasteiger charge is 2.37. The fourth-order valence-electron chi connectivity index (χ4n) is 8.83. The summed E-state index contributed by atoms with van der Waals surface area (Å²) < 4.78 is 4.30. The zero-order chi connectivity index (χ0) is 37.6. The number of amides is 2. The summed E-state index contributed by atoms with van der Waals surface area (Å²) in [4.78, 5) is 54.2. The molecule has 0 radical (unpaired) electrons. The Bertz CT molecular complexity index is 2550. The second-order valence-electron chi connectivity index (χ2n) is 15.0. The van der Waals surface area contributed by atoms with Gasteiger partial charge < -0.3 is 20.1 Å². The monoisotopic (exact) mass is 732 g/mol. The zero-order valence-corrected chi connectivity index (χ0v) is 31.1. The molecule has 2 saturated heterocycles. The fourth-order valence-corrected chi connectivity index (χ4v) is 8.83. The summed E-state index contributed by atoms with van der Waals surface area (Å²) in [6.07, 6.45) is 13.5. The van der Waals surface area contributed by atoms with Crippen molar-refractivity contribution in [2.45, 2.75) is 38.0 Å². The van der Waals surface area contributed by atoms with Gasteiger partial charge in [-0.05, 0) is 73.1 Å². The van der Waals surface area contributed by atoms with E-state index in [1.54, 1.807) is 0 Å². The molecule has 2 fully saturated rings.